The summed E-state index contributed by atoms with van der Waals surface area (Å²) in [7, 11) is 0. The molecule has 5 heterocycles. The van der Waals surface area contributed by atoms with Crippen molar-refractivity contribution in [2.75, 3.05) is 4.90 Å². The van der Waals surface area contributed by atoms with Crippen molar-refractivity contribution in [1.29, 1.82) is 0 Å². The van der Waals surface area contributed by atoms with Gasteiger partial charge < -0.3 is 13.9 Å². The topological polar surface area (TPSA) is 60.0 Å². The van der Waals surface area contributed by atoms with Crippen LogP contribution in [0.2, 0.25) is 0 Å². The summed E-state index contributed by atoms with van der Waals surface area (Å²) >= 11 is 0. The van der Waals surface area contributed by atoms with Crippen LogP contribution < -0.4 is 4.90 Å². The molecule has 0 amide bonds. The highest BCUT2D eigenvalue weighted by molar-refractivity contribution is 6.11. The van der Waals surface area contributed by atoms with Crippen LogP contribution in [0.15, 0.2) is 229 Å². The number of nitrogens with zero attached hydrogens (tertiary/aromatic N) is 5. The van der Waals surface area contributed by atoms with Gasteiger partial charge in [-0.15, -0.1) is 0 Å². The fraction of sp³-hybridized carbons (Fsp3) is 0.0167. The molecule has 0 unspecified atom stereocenters. The van der Waals surface area contributed by atoms with Gasteiger partial charge in [-0.25, -0.2) is 4.98 Å². The van der Waals surface area contributed by atoms with Crippen LogP contribution in [0.1, 0.15) is 22.3 Å². The monoisotopic (exact) mass is 843 g/mol. The average Bonchev–Trinajstić information content (AvgIpc) is 4.11. The quantitative estimate of drug-likeness (QED) is 0.167. The zero-order valence-electron chi connectivity index (χ0n) is 35.5. The number of para-hydroxylation sites is 3. The number of benzene rings is 7. The molecule has 0 bridgehead atoms. The third-order valence-electron chi connectivity index (χ3n) is 13.7. The van der Waals surface area contributed by atoms with Crippen molar-refractivity contribution in [1.82, 2.24) is 19.5 Å². The summed E-state index contributed by atoms with van der Waals surface area (Å²) in [4.78, 5) is 17.2. The molecule has 0 N–H and O–H groups in total. The van der Waals surface area contributed by atoms with Crippen molar-refractivity contribution in [3.05, 3.63) is 247 Å². The number of pyridine rings is 3. The minimum absolute atomic E-state index is 0.613. The van der Waals surface area contributed by atoms with Crippen LogP contribution in [0.5, 0.6) is 0 Å². The van der Waals surface area contributed by atoms with Crippen molar-refractivity contribution in [3.63, 3.8) is 0 Å². The number of fused-ring (bicyclic) bond motifs is 15. The highest BCUT2D eigenvalue weighted by Gasteiger charge is 2.54. The molecule has 2 aliphatic carbocycles. The van der Waals surface area contributed by atoms with Gasteiger partial charge in [0.1, 0.15) is 5.58 Å². The molecule has 0 aliphatic heterocycles. The molecule has 0 saturated heterocycles. The number of hydrogen-bond donors (Lipinski definition) is 0. The standard InChI is InChI=1S/C60H37N5O/c1-2-17-38(18-3-1)64(55-29-16-23-44-43-21-7-11-30-56(43)66-59(44)55)39-31-32-54-46(35-39)57-58(65(54)40-36-52(50-27-12-14-33-61-50)63-53(37-40)51-28-13-15-34-62-51)45-22-6-10-26-49(45)60(57)47-24-8-4-19-41(47)42-20-5-9-25-48(42)60/h1-37H. The summed E-state index contributed by atoms with van der Waals surface area (Å²) in [5.74, 6) is 0. The predicted octanol–water partition coefficient (Wildman–Crippen LogP) is 14.9. The van der Waals surface area contributed by atoms with Crippen molar-refractivity contribution in [2.45, 2.75) is 5.41 Å². The SMILES string of the molecule is c1ccc(N(c2ccc3c(c2)c2c(n3-c3cc(-c4ccccn4)nc(-c4ccccn4)c3)-c3ccccc3C23c2ccccc2-c2ccccc23)c2cccc3c2oc2ccccc23)cc1. The maximum atomic E-state index is 6.76. The van der Waals surface area contributed by atoms with Gasteiger partial charge in [0.2, 0.25) is 0 Å². The van der Waals surface area contributed by atoms with E-state index >= 15 is 0 Å². The lowest BCUT2D eigenvalue weighted by atomic mass is 9.70. The van der Waals surface area contributed by atoms with E-state index in [-0.39, 0.29) is 0 Å². The first kappa shape index (κ1) is 36.6. The van der Waals surface area contributed by atoms with Crippen LogP contribution in [0.4, 0.5) is 17.1 Å². The first-order chi connectivity index (χ1) is 32.8. The fourth-order valence-corrected chi connectivity index (χ4v) is 11.1. The molecule has 6 heteroatoms. The molecule has 0 radical (unpaired) electrons. The molecular formula is C60H37N5O. The molecule has 2 aliphatic rings. The molecule has 7 aromatic carbocycles. The van der Waals surface area contributed by atoms with E-state index in [9.17, 15) is 0 Å². The summed E-state index contributed by atoms with van der Waals surface area (Å²) in [6.07, 6.45) is 3.65. The Hall–Kier alpha value is -8.87. The third-order valence-corrected chi connectivity index (χ3v) is 13.7. The summed E-state index contributed by atoms with van der Waals surface area (Å²) in [6.45, 7) is 0. The van der Waals surface area contributed by atoms with E-state index in [4.69, 9.17) is 19.4 Å². The van der Waals surface area contributed by atoms with E-state index in [0.717, 1.165) is 84.1 Å². The van der Waals surface area contributed by atoms with Crippen molar-refractivity contribution in [3.8, 4) is 50.8 Å². The van der Waals surface area contributed by atoms with Crippen LogP contribution in [0, 0.1) is 0 Å². The molecule has 0 fully saturated rings. The van der Waals surface area contributed by atoms with Gasteiger partial charge >= 0.3 is 0 Å². The number of aromatic nitrogens is 4. The second-order valence-corrected chi connectivity index (χ2v) is 17.1. The number of rotatable bonds is 6. The van der Waals surface area contributed by atoms with Crippen molar-refractivity contribution >= 4 is 49.9 Å². The Bertz CT molecular complexity index is 3790. The second kappa shape index (κ2) is 14.1. The molecule has 0 atom stereocenters. The number of furan rings is 1. The first-order valence-corrected chi connectivity index (χ1v) is 22.3. The van der Waals surface area contributed by atoms with Gasteiger partial charge in [0.05, 0.1) is 50.8 Å². The lowest BCUT2D eigenvalue weighted by Crippen LogP contribution is -2.25. The van der Waals surface area contributed by atoms with Crippen molar-refractivity contribution in [2.24, 2.45) is 0 Å². The second-order valence-electron chi connectivity index (χ2n) is 17.1. The van der Waals surface area contributed by atoms with Crippen LogP contribution in [-0.2, 0) is 5.41 Å². The van der Waals surface area contributed by atoms with E-state index in [1.54, 1.807) is 0 Å². The highest BCUT2D eigenvalue weighted by Crippen LogP contribution is 2.65. The molecule has 66 heavy (non-hydrogen) atoms. The van der Waals surface area contributed by atoms with Gasteiger partial charge in [-0.3, -0.25) is 9.97 Å². The highest BCUT2D eigenvalue weighted by atomic mass is 16.3. The zero-order chi connectivity index (χ0) is 43.3. The maximum Gasteiger partial charge on any atom is 0.159 e. The molecule has 308 valence electrons. The Morgan fingerprint density at radius 3 is 1.71 bits per heavy atom. The summed E-state index contributed by atoms with van der Waals surface area (Å²) in [5, 5.41) is 3.33. The lowest BCUT2D eigenvalue weighted by Gasteiger charge is -2.30. The van der Waals surface area contributed by atoms with Crippen molar-refractivity contribution < 1.29 is 4.42 Å². The van der Waals surface area contributed by atoms with Crippen LogP contribution in [-0.4, -0.2) is 19.5 Å². The number of anilines is 3. The minimum atomic E-state index is -0.613. The summed E-state index contributed by atoms with van der Waals surface area (Å²) in [5.41, 5.74) is 19.2. The predicted molar refractivity (Wildman–Crippen MR) is 266 cm³/mol. The smallest absolute Gasteiger partial charge is 0.159 e. The van der Waals surface area contributed by atoms with Gasteiger partial charge in [-0.2, -0.15) is 0 Å². The Morgan fingerprint density at radius 2 is 1.03 bits per heavy atom. The normalized spacial score (nSPS) is 13.0. The molecule has 5 aromatic heterocycles. The van der Waals surface area contributed by atoms with E-state index in [1.807, 2.05) is 54.9 Å². The molecule has 6 nitrogen and oxygen atoms in total. The van der Waals surface area contributed by atoms with E-state index in [2.05, 4.69) is 179 Å². The van der Waals surface area contributed by atoms with Gasteiger partial charge in [-0.1, -0.05) is 133 Å². The molecule has 0 saturated carbocycles. The summed E-state index contributed by atoms with van der Waals surface area (Å²) < 4.78 is 9.23. The number of hydrogen-bond acceptors (Lipinski definition) is 5. The molecule has 14 rings (SSSR count). The van der Waals surface area contributed by atoms with Crippen LogP contribution >= 0.6 is 0 Å². The van der Waals surface area contributed by atoms with Crippen LogP contribution in [0.3, 0.4) is 0 Å². The van der Waals surface area contributed by atoms with Crippen LogP contribution in [0.25, 0.3) is 83.7 Å². The van der Waals surface area contributed by atoms with E-state index < -0.39 is 5.41 Å². The Morgan fingerprint density at radius 1 is 0.439 bits per heavy atom. The largest absolute Gasteiger partial charge is 0.454 e. The minimum Gasteiger partial charge on any atom is -0.454 e. The fourth-order valence-electron chi connectivity index (χ4n) is 11.1. The van der Waals surface area contributed by atoms with E-state index in [0.29, 0.717) is 0 Å². The average molecular weight is 844 g/mol. The van der Waals surface area contributed by atoms with Gasteiger partial charge in [0, 0.05) is 51.1 Å². The lowest BCUT2D eigenvalue weighted by molar-refractivity contribution is 0.669. The third kappa shape index (κ3) is 5.09. The summed E-state index contributed by atoms with van der Waals surface area (Å²) in [6, 6.07) is 75.8. The molecule has 1 spiro atoms. The Labute approximate surface area is 380 Å². The Kier molecular flexibility index (Phi) is 7.80. The molecule has 12 aromatic rings. The van der Waals surface area contributed by atoms with E-state index in [1.165, 1.54) is 38.9 Å². The van der Waals surface area contributed by atoms with Gasteiger partial charge in [-0.05, 0) is 107 Å². The maximum absolute atomic E-state index is 6.76. The molecular weight excluding hydrogens is 807 g/mol. The Balaban J connectivity index is 1.13. The van der Waals surface area contributed by atoms with Gasteiger partial charge in [0.25, 0.3) is 0 Å². The van der Waals surface area contributed by atoms with Gasteiger partial charge in [0.15, 0.2) is 5.58 Å². The first-order valence-electron chi connectivity index (χ1n) is 22.3. The zero-order valence-corrected chi connectivity index (χ0v) is 35.5.